The number of aliphatic carboxylic acids is 1. The van der Waals surface area contributed by atoms with Crippen molar-refractivity contribution in [1.29, 1.82) is 0 Å². The summed E-state index contributed by atoms with van der Waals surface area (Å²) in [5, 5.41) is 12.1. The van der Waals surface area contributed by atoms with Crippen LogP contribution in [0.25, 0.3) is 11.1 Å². The minimum Gasteiger partial charge on any atom is -0.480 e. The predicted molar refractivity (Wildman–Crippen MR) is 109 cm³/mol. The normalized spacial score (nSPS) is 11.6. The number of carboxylic acid groups (broad SMARTS) is 1. The first-order valence-electron chi connectivity index (χ1n) is 8.47. The maximum absolute atomic E-state index is 12.5. The number of carboxylic acids is 1. The first-order valence-corrected chi connectivity index (χ1v) is 9.26. The van der Waals surface area contributed by atoms with E-state index in [1.54, 1.807) is 12.1 Å². The fourth-order valence-electron chi connectivity index (χ4n) is 2.77. The van der Waals surface area contributed by atoms with Crippen LogP contribution >= 0.6 is 15.9 Å². The Balaban J connectivity index is 1.72. The molecule has 4 nitrogen and oxygen atoms in total. The minimum atomic E-state index is -1.07. The van der Waals surface area contributed by atoms with E-state index in [-0.39, 0.29) is 6.42 Å². The molecule has 27 heavy (non-hydrogen) atoms. The molecule has 0 aliphatic carbocycles. The molecule has 136 valence electrons. The van der Waals surface area contributed by atoms with Crippen molar-refractivity contribution in [2.24, 2.45) is 0 Å². The molecule has 1 amide bonds. The Morgan fingerprint density at radius 1 is 0.852 bits per heavy atom. The van der Waals surface area contributed by atoms with Gasteiger partial charge < -0.3 is 10.4 Å². The maximum atomic E-state index is 12.5. The van der Waals surface area contributed by atoms with Gasteiger partial charge in [-0.3, -0.25) is 4.79 Å². The van der Waals surface area contributed by atoms with E-state index in [2.05, 4.69) is 21.2 Å². The zero-order valence-electron chi connectivity index (χ0n) is 14.4. The molecule has 0 aliphatic heterocycles. The topological polar surface area (TPSA) is 66.4 Å². The number of nitrogens with one attached hydrogen (secondary N) is 1. The Morgan fingerprint density at radius 3 is 2.07 bits per heavy atom. The van der Waals surface area contributed by atoms with Gasteiger partial charge in [-0.25, -0.2) is 4.79 Å². The van der Waals surface area contributed by atoms with Gasteiger partial charge in [0.15, 0.2) is 0 Å². The molecule has 0 unspecified atom stereocenters. The molecule has 0 fully saturated rings. The minimum absolute atomic E-state index is 0.199. The Morgan fingerprint density at radius 2 is 1.44 bits per heavy atom. The first kappa shape index (κ1) is 18.9. The second-order valence-corrected chi connectivity index (χ2v) is 6.96. The lowest BCUT2D eigenvalue weighted by Crippen LogP contribution is -2.42. The van der Waals surface area contributed by atoms with Gasteiger partial charge in [-0.15, -0.1) is 0 Å². The van der Waals surface area contributed by atoms with Crippen LogP contribution in [-0.4, -0.2) is 23.0 Å². The molecule has 2 N–H and O–H groups in total. The molecule has 0 aliphatic rings. The molecule has 0 spiro atoms. The molecule has 3 aromatic rings. The second kappa shape index (κ2) is 8.64. The molecule has 3 rings (SSSR count). The summed E-state index contributed by atoms with van der Waals surface area (Å²) in [6, 6.07) is 23.3. The van der Waals surface area contributed by atoms with Crippen molar-refractivity contribution in [3.63, 3.8) is 0 Å². The highest BCUT2D eigenvalue weighted by molar-refractivity contribution is 9.10. The predicted octanol–water partition coefficient (Wildman–Crippen LogP) is 4.54. The van der Waals surface area contributed by atoms with Crippen molar-refractivity contribution >= 4 is 27.8 Å². The summed E-state index contributed by atoms with van der Waals surface area (Å²) in [5.74, 6) is -1.48. The first-order chi connectivity index (χ1) is 13.0. The molecular formula is C22H18BrNO3. The molecule has 0 bridgehead atoms. The third-order valence-electron chi connectivity index (χ3n) is 4.24. The SMILES string of the molecule is O=C(N[C@H](Cc1ccccc1Br)C(=O)O)c1ccc(-c2ccccc2)cc1. The maximum Gasteiger partial charge on any atom is 0.326 e. The summed E-state index contributed by atoms with van der Waals surface area (Å²) < 4.78 is 0.817. The molecule has 3 aromatic carbocycles. The molecule has 0 heterocycles. The summed E-state index contributed by atoms with van der Waals surface area (Å²) >= 11 is 3.41. The van der Waals surface area contributed by atoms with Crippen LogP contribution in [0.3, 0.4) is 0 Å². The van der Waals surface area contributed by atoms with Crippen LogP contribution in [0.15, 0.2) is 83.3 Å². The van der Waals surface area contributed by atoms with Crippen LogP contribution < -0.4 is 5.32 Å². The number of carbonyl (C=O) groups excluding carboxylic acids is 1. The largest absolute Gasteiger partial charge is 0.480 e. The van der Waals surface area contributed by atoms with Crippen molar-refractivity contribution in [2.45, 2.75) is 12.5 Å². The van der Waals surface area contributed by atoms with Crippen molar-refractivity contribution in [1.82, 2.24) is 5.32 Å². The number of benzene rings is 3. The van der Waals surface area contributed by atoms with Gasteiger partial charge in [0.1, 0.15) is 6.04 Å². The van der Waals surface area contributed by atoms with Gasteiger partial charge in [-0.05, 0) is 34.9 Å². The Bertz CT molecular complexity index is 939. The van der Waals surface area contributed by atoms with Crippen LogP contribution in [0.4, 0.5) is 0 Å². The van der Waals surface area contributed by atoms with E-state index in [0.29, 0.717) is 5.56 Å². The highest BCUT2D eigenvalue weighted by atomic mass is 79.9. The fourth-order valence-corrected chi connectivity index (χ4v) is 3.22. The second-order valence-electron chi connectivity index (χ2n) is 6.10. The summed E-state index contributed by atoms with van der Waals surface area (Å²) in [5.41, 5.74) is 3.30. The van der Waals surface area contributed by atoms with Gasteiger partial charge in [0.2, 0.25) is 0 Å². The van der Waals surface area contributed by atoms with E-state index in [4.69, 9.17) is 0 Å². The van der Waals surface area contributed by atoms with Crippen molar-refractivity contribution in [3.05, 3.63) is 94.5 Å². The lowest BCUT2D eigenvalue weighted by atomic mass is 10.0. The van der Waals surface area contributed by atoms with Gasteiger partial charge in [-0.2, -0.15) is 0 Å². The van der Waals surface area contributed by atoms with Crippen molar-refractivity contribution in [3.8, 4) is 11.1 Å². The molecule has 1 atom stereocenters. The zero-order chi connectivity index (χ0) is 19.2. The van der Waals surface area contributed by atoms with E-state index < -0.39 is 17.9 Å². The average molecular weight is 424 g/mol. The van der Waals surface area contributed by atoms with Crippen LogP contribution in [0.5, 0.6) is 0 Å². The van der Waals surface area contributed by atoms with Crippen LogP contribution in [0, 0.1) is 0 Å². The van der Waals surface area contributed by atoms with E-state index >= 15 is 0 Å². The highest BCUT2D eigenvalue weighted by Crippen LogP contribution is 2.20. The molecule has 0 saturated carbocycles. The quantitative estimate of drug-likeness (QED) is 0.611. The van der Waals surface area contributed by atoms with Crippen molar-refractivity contribution in [2.75, 3.05) is 0 Å². The third kappa shape index (κ3) is 4.83. The summed E-state index contributed by atoms with van der Waals surface area (Å²) in [6.45, 7) is 0. The number of amides is 1. The van der Waals surface area contributed by atoms with Crippen LogP contribution in [0.1, 0.15) is 15.9 Å². The number of carbonyl (C=O) groups is 2. The molecule has 0 radical (unpaired) electrons. The Kier molecular flexibility index (Phi) is 6.04. The lowest BCUT2D eigenvalue weighted by molar-refractivity contribution is -0.139. The fraction of sp³-hybridized carbons (Fsp3) is 0.0909. The van der Waals surface area contributed by atoms with E-state index in [0.717, 1.165) is 21.2 Å². The van der Waals surface area contributed by atoms with Crippen molar-refractivity contribution < 1.29 is 14.7 Å². The molecular weight excluding hydrogens is 406 g/mol. The molecule has 5 heteroatoms. The monoisotopic (exact) mass is 423 g/mol. The Hall–Kier alpha value is -2.92. The summed E-state index contributed by atoms with van der Waals surface area (Å²) in [4.78, 5) is 24.1. The standard InChI is InChI=1S/C22H18BrNO3/c23-19-9-5-4-8-18(19)14-20(22(26)27)24-21(25)17-12-10-16(11-13-17)15-6-2-1-3-7-15/h1-13,20H,14H2,(H,24,25)(H,26,27)/t20-/m1/s1. The summed E-state index contributed by atoms with van der Waals surface area (Å²) in [7, 11) is 0. The molecule has 0 aromatic heterocycles. The van der Waals surface area contributed by atoms with E-state index in [1.165, 1.54) is 0 Å². The van der Waals surface area contributed by atoms with Gasteiger partial charge in [-0.1, -0.05) is 76.6 Å². The van der Waals surface area contributed by atoms with Gasteiger partial charge in [0.25, 0.3) is 5.91 Å². The smallest absolute Gasteiger partial charge is 0.326 e. The number of halogens is 1. The van der Waals surface area contributed by atoms with Crippen LogP contribution in [0.2, 0.25) is 0 Å². The third-order valence-corrected chi connectivity index (χ3v) is 5.01. The highest BCUT2D eigenvalue weighted by Gasteiger charge is 2.22. The number of hydrogen-bond acceptors (Lipinski definition) is 2. The van der Waals surface area contributed by atoms with Crippen LogP contribution in [-0.2, 0) is 11.2 Å². The van der Waals surface area contributed by atoms with Gasteiger partial charge in [0, 0.05) is 16.5 Å². The average Bonchev–Trinajstić information content (AvgIpc) is 2.69. The Labute approximate surface area is 166 Å². The van der Waals surface area contributed by atoms with E-state index in [1.807, 2.05) is 66.7 Å². The molecule has 0 saturated heterocycles. The van der Waals surface area contributed by atoms with Gasteiger partial charge in [0.05, 0.1) is 0 Å². The zero-order valence-corrected chi connectivity index (χ0v) is 16.0. The van der Waals surface area contributed by atoms with E-state index in [9.17, 15) is 14.7 Å². The summed E-state index contributed by atoms with van der Waals surface area (Å²) in [6.07, 6.45) is 0.199. The van der Waals surface area contributed by atoms with Gasteiger partial charge >= 0.3 is 5.97 Å². The number of hydrogen-bond donors (Lipinski definition) is 2. The lowest BCUT2D eigenvalue weighted by Gasteiger charge is -2.15. The number of rotatable bonds is 6.